The molecule has 2 aromatic carbocycles. The normalized spacial score (nSPS) is 15.0. The Morgan fingerprint density at radius 1 is 0.519 bits per heavy atom. The van der Waals surface area contributed by atoms with Crippen LogP contribution < -0.4 is 10.6 Å². The first-order valence-electron chi connectivity index (χ1n) is 17.2. The van der Waals surface area contributed by atoms with Gasteiger partial charge in [-0.15, -0.1) is 0 Å². The first-order chi connectivity index (χ1) is 24.6. The fourth-order valence-corrected chi connectivity index (χ4v) is 6.06. The maximum atomic E-state index is 12.4. The summed E-state index contributed by atoms with van der Waals surface area (Å²) < 4.78 is 0. The predicted molar refractivity (Wildman–Crippen MR) is 204 cm³/mol. The summed E-state index contributed by atoms with van der Waals surface area (Å²) in [6, 6.07) is 13.4. The second-order valence-electron chi connectivity index (χ2n) is 13.1. The Bertz CT molecular complexity index is 1570. The van der Waals surface area contributed by atoms with Gasteiger partial charge in [0.25, 0.3) is 11.8 Å². The topological polar surface area (TPSA) is 214 Å². The third-order valence-corrected chi connectivity index (χ3v) is 8.75. The van der Waals surface area contributed by atoms with Gasteiger partial charge in [0, 0.05) is 135 Å². The summed E-state index contributed by atoms with van der Waals surface area (Å²) in [5.41, 5.74) is 1.93. The molecule has 4 rings (SSSR count). The van der Waals surface area contributed by atoms with Crippen molar-refractivity contribution in [2.45, 2.75) is 40.5 Å². The summed E-state index contributed by atoms with van der Waals surface area (Å²) in [6.07, 6.45) is -0.00545. The average Bonchev–Trinajstić information content (AvgIpc) is 3.11. The molecule has 54 heavy (non-hydrogen) atoms. The van der Waals surface area contributed by atoms with Crippen LogP contribution in [0, 0.1) is 11.8 Å². The molecule has 0 unspecified atom stereocenters. The SMILES string of the molecule is CC(C)/C(C(=O)O)=C(\Cc1ccc(C(=O)N2CCNCC2)cc1)C(=O)O.CC(C)/C(C(=O)O)=C(\Cc1ccc(C(=O)N2CCNCC2)cc1)C(=O)O.[Na].[Na]. The molecule has 0 bridgehead atoms. The Balaban J connectivity index is 0.000000521. The fourth-order valence-electron chi connectivity index (χ4n) is 6.06. The number of benzene rings is 2. The number of hydrogen-bond donors (Lipinski definition) is 6. The van der Waals surface area contributed by atoms with Crippen molar-refractivity contribution >= 4 is 94.8 Å². The number of carboxylic acid groups (broad SMARTS) is 4. The van der Waals surface area contributed by atoms with Gasteiger partial charge < -0.3 is 40.9 Å². The summed E-state index contributed by atoms with van der Waals surface area (Å²) in [4.78, 5) is 74.4. The van der Waals surface area contributed by atoms with Gasteiger partial charge in [-0.05, 0) is 47.2 Å². The molecule has 2 aliphatic heterocycles. The number of rotatable bonds is 12. The van der Waals surface area contributed by atoms with E-state index in [-0.39, 0.29) is 106 Å². The van der Waals surface area contributed by atoms with E-state index in [2.05, 4.69) is 10.6 Å². The van der Waals surface area contributed by atoms with Crippen molar-refractivity contribution in [2.75, 3.05) is 52.4 Å². The van der Waals surface area contributed by atoms with Crippen molar-refractivity contribution in [1.29, 1.82) is 0 Å². The Labute approximate surface area is 359 Å². The number of piperazine rings is 2. The van der Waals surface area contributed by atoms with Gasteiger partial charge in [-0.1, -0.05) is 52.0 Å². The van der Waals surface area contributed by atoms with Gasteiger partial charge in [-0.3, -0.25) is 9.59 Å². The zero-order valence-electron chi connectivity index (χ0n) is 32.0. The molecule has 282 valence electrons. The molecule has 2 fully saturated rings. The second kappa shape index (κ2) is 23.6. The Morgan fingerprint density at radius 2 is 0.796 bits per heavy atom. The monoisotopic (exact) mass is 766 g/mol. The van der Waals surface area contributed by atoms with Crippen LogP contribution in [-0.4, -0.2) is 177 Å². The minimum Gasteiger partial charge on any atom is -0.478 e. The molecule has 2 aliphatic rings. The molecule has 0 aliphatic carbocycles. The molecule has 2 radical (unpaired) electrons. The largest absolute Gasteiger partial charge is 0.478 e. The van der Waals surface area contributed by atoms with E-state index in [1.165, 1.54) is 0 Å². The third-order valence-electron chi connectivity index (χ3n) is 8.75. The average molecular weight is 767 g/mol. The van der Waals surface area contributed by atoms with Gasteiger partial charge in [0.05, 0.1) is 22.3 Å². The summed E-state index contributed by atoms with van der Waals surface area (Å²) >= 11 is 0. The number of nitrogens with one attached hydrogen (secondary N) is 2. The van der Waals surface area contributed by atoms with Crippen LogP contribution in [0.4, 0.5) is 0 Å². The van der Waals surface area contributed by atoms with E-state index in [1.54, 1.807) is 86.0 Å². The molecule has 0 saturated carbocycles. The van der Waals surface area contributed by atoms with Crippen molar-refractivity contribution in [1.82, 2.24) is 20.4 Å². The van der Waals surface area contributed by atoms with E-state index in [4.69, 9.17) is 0 Å². The minimum absolute atomic E-state index is 0. The third kappa shape index (κ3) is 14.1. The molecular weight excluding hydrogens is 718 g/mol. The summed E-state index contributed by atoms with van der Waals surface area (Å²) in [5.74, 6) is -5.85. The Hall–Kier alpha value is -3.34. The predicted octanol–water partition coefficient (Wildman–Crippen LogP) is 2.03. The van der Waals surface area contributed by atoms with Gasteiger partial charge in [0.1, 0.15) is 0 Å². The van der Waals surface area contributed by atoms with E-state index < -0.39 is 35.7 Å². The molecule has 2 amide bonds. The first kappa shape index (κ1) is 48.7. The van der Waals surface area contributed by atoms with Gasteiger partial charge in [0.15, 0.2) is 0 Å². The van der Waals surface area contributed by atoms with Crippen molar-refractivity contribution in [2.24, 2.45) is 11.8 Å². The molecule has 14 nitrogen and oxygen atoms in total. The number of carboxylic acids is 4. The van der Waals surface area contributed by atoms with E-state index in [1.807, 2.05) is 0 Å². The van der Waals surface area contributed by atoms with Gasteiger partial charge in [0.2, 0.25) is 0 Å². The number of hydrogen-bond acceptors (Lipinski definition) is 8. The van der Waals surface area contributed by atoms with Gasteiger partial charge >= 0.3 is 23.9 Å². The van der Waals surface area contributed by atoms with Crippen LogP contribution in [0.15, 0.2) is 70.8 Å². The van der Waals surface area contributed by atoms with Crippen molar-refractivity contribution in [3.8, 4) is 0 Å². The van der Waals surface area contributed by atoms with E-state index in [0.717, 1.165) is 26.2 Å². The van der Waals surface area contributed by atoms with Crippen LogP contribution in [-0.2, 0) is 32.0 Å². The Kier molecular flexibility index (Phi) is 21.2. The molecule has 2 saturated heterocycles. The zero-order chi connectivity index (χ0) is 38.5. The summed E-state index contributed by atoms with van der Waals surface area (Å²) in [6.45, 7) is 12.3. The molecule has 6 N–H and O–H groups in total. The van der Waals surface area contributed by atoms with Crippen LogP contribution in [0.3, 0.4) is 0 Å². The number of amides is 2. The van der Waals surface area contributed by atoms with Crippen molar-refractivity contribution < 1.29 is 49.2 Å². The molecule has 2 aromatic rings. The van der Waals surface area contributed by atoms with E-state index >= 15 is 0 Å². The van der Waals surface area contributed by atoms with Crippen LogP contribution in [0.25, 0.3) is 0 Å². The van der Waals surface area contributed by atoms with Gasteiger partial charge in [-0.25, -0.2) is 19.2 Å². The molecule has 2 heterocycles. The number of aliphatic carboxylic acids is 4. The van der Waals surface area contributed by atoms with E-state index in [9.17, 15) is 49.2 Å². The molecule has 0 spiro atoms. The van der Waals surface area contributed by atoms with Crippen LogP contribution in [0.1, 0.15) is 59.5 Å². The maximum absolute atomic E-state index is 12.4. The molecular formula is C38H48N4Na2O10. The van der Waals surface area contributed by atoms with Gasteiger partial charge in [-0.2, -0.15) is 0 Å². The summed E-state index contributed by atoms with van der Waals surface area (Å²) in [5, 5.41) is 43.9. The maximum Gasteiger partial charge on any atom is 0.332 e. The molecule has 0 atom stereocenters. The van der Waals surface area contributed by atoms with Crippen LogP contribution in [0.2, 0.25) is 0 Å². The van der Waals surface area contributed by atoms with Crippen LogP contribution in [0.5, 0.6) is 0 Å². The molecule has 0 aromatic heterocycles. The molecule has 16 heteroatoms. The smallest absolute Gasteiger partial charge is 0.332 e. The minimum atomic E-state index is -1.24. The van der Waals surface area contributed by atoms with Crippen LogP contribution >= 0.6 is 0 Å². The Morgan fingerprint density at radius 3 is 1.02 bits per heavy atom. The number of carbonyl (C=O) groups excluding carboxylic acids is 2. The van der Waals surface area contributed by atoms with Crippen molar-refractivity contribution in [3.63, 3.8) is 0 Å². The first-order valence-corrected chi connectivity index (χ1v) is 17.2. The number of nitrogens with zero attached hydrogens (tertiary/aromatic N) is 2. The van der Waals surface area contributed by atoms with E-state index in [0.29, 0.717) is 48.4 Å². The number of carbonyl (C=O) groups is 6. The van der Waals surface area contributed by atoms with Crippen molar-refractivity contribution in [3.05, 3.63) is 93.1 Å². The quantitative estimate of drug-likeness (QED) is 0.135. The fraction of sp³-hybridized carbons (Fsp3) is 0.421. The summed E-state index contributed by atoms with van der Waals surface area (Å²) in [7, 11) is 0. The zero-order valence-corrected chi connectivity index (χ0v) is 36.0. The second-order valence-corrected chi connectivity index (χ2v) is 13.1. The standard InChI is InChI=1S/2C19H24N2O5.2Na/c2*1-12(2)16(19(25)26)15(18(23)24)11-13-3-5-14(6-4-13)17(22)21-9-7-20-8-10-21;;/h2*3-6,12,20H,7-11H2,1-2H3,(H,23,24)(H,25,26);;/b2*16-15-;;.